The Kier molecular flexibility index (Phi) is 5.19. The SMILES string of the molecule is O=C(CC1c2ccccc2-c2cncn21)C1CCN(C(=O)COc2ccnnc2)CC1. The van der Waals surface area contributed by atoms with Crippen molar-refractivity contribution in [3.05, 3.63) is 60.8 Å². The topological polar surface area (TPSA) is 90.2 Å². The molecule has 0 N–H and O–H groups in total. The highest BCUT2D eigenvalue weighted by Crippen LogP contribution is 2.41. The van der Waals surface area contributed by atoms with E-state index in [4.69, 9.17) is 4.74 Å². The van der Waals surface area contributed by atoms with Gasteiger partial charge >= 0.3 is 0 Å². The summed E-state index contributed by atoms with van der Waals surface area (Å²) in [6, 6.07) is 9.88. The van der Waals surface area contributed by atoms with Gasteiger partial charge in [-0.25, -0.2) is 4.98 Å². The molecular formula is C23H23N5O3. The lowest BCUT2D eigenvalue weighted by Crippen LogP contribution is -2.42. The molecular weight excluding hydrogens is 394 g/mol. The predicted molar refractivity (Wildman–Crippen MR) is 112 cm³/mol. The third-order valence-electron chi connectivity index (χ3n) is 6.21. The van der Waals surface area contributed by atoms with Crippen LogP contribution in [-0.4, -0.2) is 56.0 Å². The number of ether oxygens (including phenoxy) is 1. The standard InChI is InChI=1S/C23H23N5O3/c29-22(11-20-18-3-1-2-4-19(18)21-13-24-15-28(20)21)16-6-9-27(10-7-16)23(30)14-31-17-5-8-25-26-12-17/h1-5,8,12-13,15-16,20H,6-7,9-11,14H2. The molecule has 2 aliphatic heterocycles. The Labute approximate surface area is 179 Å². The lowest BCUT2D eigenvalue weighted by atomic mass is 9.87. The number of Topliss-reactive ketones (excluding diaryl/α,β-unsaturated/α-hetero) is 1. The first kappa shape index (κ1) is 19.4. The summed E-state index contributed by atoms with van der Waals surface area (Å²) in [6.07, 6.45) is 8.50. The minimum atomic E-state index is -0.0736. The zero-order valence-electron chi connectivity index (χ0n) is 17.1. The van der Waals surface area contributed by atoms with Crippen molar-refractivity contribution in [2.75, 3.05) is 19.7 Å². The molecule has 8 heteroatoms. The Morgan fingerprint density at radius 2 is 1.90 bits per heavy atom. The van der Waals surface area contributed by atoms with E-state index >= 15 is 0 Å². The molecule has 31 heavy (non-hydrogen) atoms. The number of hydrogen-bond acceptors (Lipinski definition) is 6. The number of amides is 1. The van der Waals surface area contributed by atoms with Crippen LogP contribution in [0.15, 0.2) is 55.2 Å². The summed E-state index contributed by atoms with van der Waals surface area (Å²) in [5.41, 5.74) is 3.41. The molecule has 1 saturated heterocycles. The van der Waals surface area contributed by atoms with Crippen LogP contribution in [0.4, 0.5) is 0 Å². The van der Waals surface area contributed by atoms with Gasteiger partial charge in [0.1, 0.15) is 11.5 Å². The summed E-state index contributed by atoms with van der Waals surface area (Å²) >= 11 is 0. The van der Waals surface area contributed by atoms with Crippen LogP contribution in [0.1, 0.15) is 30.9 Å². The summed E-state index contributed by atoms with van der Waals surface area (Å²) in [6.45, 7) is 1.11. The van der Waals surface area contributed by atoms with Crippen molar-refractivity contribution in [1.29, 1.82) is 0 Å². The van der Waals surface area contributed by atoms with E-state index in [-0.39, 0.29) is 30.3 Å². The third-order valence-corrected chi connectivity index (χ3v) is 6.21. The summed E-state index contributed by atoms with van der Waals surface area (Å²) in [4.78, 5) is 31.6. The van der Waals surface area contributed by atoms with Crippen molar-refractivity contribution in [3.8, 4) is 17.0 Å². The van der Waals surface area contributed by atoms with Gasteiger partial charge in [-0.1, -0.05) is 24.3 Å². The number of carbonyl (C=O) groups is 2. The van der Waals surface area contributed by atoms with E-state index in [0.717, 1.165) is 11.3 Å². The highest BCUT2D eigenvalue weighted by Gasteiger charge is 2.33. The van der Waals surface area contributed by atoms with Crippen LogP contribution in [0, 0.1) is 5.92 Å². The van der Waals surface area contributed by atoms with Crippen LogP contribution >= 0.6 is 0 Å². The molecule has 158 valence electrons. The van der Waals surface area contributed by atoms with Crippen LogP contribution in [0.25, 0.3) is 11.3 Å². The molecule has 4 heterocycles. The van der Waals surface area contributed by atoms with Gasteiger partial charge in [0.25, 0.3) is 5.91 Å². The molecule has 3 aromatic rings. The van der Waals surface area contributed by atoms with Gasteiger partial charge in [0.15, 0.2) is 6.61 Å². The molecule has 0 spiro atoms. The highest BCUT2D eigenvalue weighted by molar-refractivity contribution is 5.84. The summed E-state index contributed by atoms with van der Waals surface area (Å²) < 4.78 is 7.58. The lowest BCUT2D eigenvalue weighted by molar-refractivity contribution is -0.137. The number of ketones is 1. The molecule has 2 aromatic heterocycles. The van der Waals surface area contributed by atoms with Crippen molar-refractivity contribution in [2.24, 2.45) is 5.92 Å². The van der Waals surface area contributed by atoms with Gasteiger partial charge in [-0.2, -0.15) is 10.2 Å². The molecule has 1 aromatic carbocycles. The average molecular weight is 417 g/mol. The predicted octanol–water partition coefficient (Wildman–Crippen LogP) is 2.52. The quantitative estimate of drug-likeness (QED) is 0.612. The molecule has 1 atom stereocenters. The summed E-state index contributed by atoms with van der Waals surface area (Å²) in [7, 11) is 0. The fourth-order valence-electron chi connectivity index (χ4n) is 4.55. The van der Waals surface area contributed by atoms with Crippen molar-refractivity contribution < 1.29 is 14.3 Å². The largest absolute Gasteiger partial charge is 0.482 e. The van der Waals surface area contributed by atoms with E-state index in [0.29, 0.717) is 38.1 Å². The Morgan fingerprint density at radius 3 is 2.71 bits per heavy atom. The zero-order chi connectivity index (χ0) is 21.2. The number of rotatable bonds is 6. The van der Waals surface area contributed by atoms with E-state index in [2.05, 4.69) is 31.9 Å². The number of fused-ring (bicyclic) bond motifs is 3. The minimum Gasteiger partial charge on any atom is -0.482 e. The van der Waals surface area contributed by atoms with Crippen molar-refractivity contribution in [3.63, 3.8) is 0 Å². The number of piperidine rings is 1. The number of benzene rings is 1. The number of nitrogens with zero attached hydrogens (tertiary/aromatic N) is 5. The van der Waals surface area contributed by atoms with Crippen LogP contribution in [0.2, 0.25) is 0 Å². The Bertz CT molecular complexity index is 1090. The minimum absolute atomic E-state index is 0.00299. The Morgan fingerprint density at radius 1 is 1.06 bits per heavy atom. The molecule has 0 radical (unpaired) electrons. The van der Waals surface area contributed by atoms with Crippen molar-refractivity contribution in [1.82, 2.24) is 24.6 Å². The second kappa shape index (κ2) is 8.29. The molecule has 1 amide bonds. The average Bonchev–Trinajstić information content (AvgIpc) is 3.41. The molecule has 1 fully saturated rings. The molecule has 0 saturated carbocycles. The third kappa shape index (κ3) is 3.81. The van der Waals surface area contributed by atoms with Gasteiger partial charge < -0.3 is 14.2 Å². The van der Waals surface area contributed by atoms with E-state index in [9.17, 15) is 9.59 Å². The van der Waals surface area contributed by atoms with Crippen LogP contribution < -0.4 is 4.74 Å². The van der Waals surface area contributed by atoms with Crippen LogP contribution in [0.3, 0.4) is 0 Å². The Balaban J connectivity index is 1.16. The molecule has 5 rings (SSSR count). The van der Waals surface area contributed by atoms with Gasteiger partial charge in [-0.3, -0.25) is 9.59 Å². The molecule has 8 nitrogen and oxygen atoms in total. The van der Waals surface area contributed by atoms with E-state index < -0.39 is 0 Å². The van der Waals surface area contributed by atoms with E-state index in [1.807, 2.05) is 24.7 Å². The molecule has 2 aliphatic rings. The van der Waals surface area contributed by atoms with Gasteiger partial charge in [0, 0.05) is 37.1 Å². The maximum absolute atomic E-state index is 13.1. The second-order valence-electron chi connectivity index (χ2n) is 7.98. The normalized spacial score (nSPS) is 17.8. The van der Waals surface area contributed by atoms with Crippen molar-refractivity contribution in [2.45, 2.75) is 25.3 Å². The van der Waals surface area contributed by atoms with Crippen LogP contribution in [0.5, 0.6) is 5.75 Å². The fraction of sp³-hybridized carbons (Fsp3) is 0.348. The van der Waals surface area contributed by atoms with Gasteiger partial charge in [-0.05, 0) is 18.4 Å². The fourth-order valence-corrected chi connectivity index (χ4v) is 4.55. The Hall–Kier alpha value is -3.55. The summed E-state index contributed by atoms with van der Waals surface area (Å²) in [5.74, 6) is 0.682. The van der Waals surface area contributed by atoms with E-state index in [1.54, 1.807) is 11.0 Å². The number of imidazole rings is 1. The first-order valence-corrected chi connectivity index (χ1v) is 10.5. The van der Waals surface area contributed by atoms with Gasteiger partial charge in [0.2, 0.25) is 0 Å². The van der Waals surface area contributed by atoms with Crippen LogP contribution in [-0.2, 0) is 9.59 Å². The summed E-state index contributed by atoms with van der Waals surface area (Å²) in [5, 5.41) is 7.41. The zero-order valence-corrected chi connectivity index (χ0v) is 17.1. The van der Waals surface area contributed by atoms with Crippen molar-refractivity contribution >= 4 is 11.7 Å². The second-order valence-corrected chi connectivity index (χ2v) is 7.98. The molecule has 0 bridgehead atoms. The monoisotopic (exact) mass is 417 g/mol. The molecule has 0 aliphatic carbocycles. The van der Waals surface area contributed by atoms with Gasteiger partial charge in [0.05, 0.1) is 36.7 Å². The lowest BCUT2D eigenvalue weighted by Gasteiger charge is -2.31. The smallest absolute Gasteiger partial charge is 0.260 e. The number of carbonyl (C=O) groups excluding carboxylic acids is 2. The first-order chi connectivity index (χ1) is 15.2. The number of aromatic nitrogens is 4. The highest BCUT2D eigenvalue weighted by atomic mass is 16.5. The molecule has 1 unspecified atom stereocenters. The first-order valence-electron chi connectivity index (χ1n) is 10.5. The van der Waals surface area contributed by atoms with Gasteiger partial charge in [-0.15, -0.1) is 0 Å². The maximum Gasteiger partial charge on any atom is 0.260 e. The van der Waals surface area contributed by atoms with E-state index in [1.165, 1.54) is 18.0 Å². The number of hydrogen-bond donors (Lipinski definition) is 0. The number of likely N-dealkylation sites (tertiary alicyclic amines) is 1. The maximum atomic E-state index is 13.1.